The van der Waals surface area contributed by atoms with Crippen LogP contribution in [-0.4, -0.2) is 54.1 Å². The summed E-state index contributed by atoms with van der Waals surface area (Å²) in [6, 6.07) is 21.6. The van der Waals surface area contributed by atoms with Crippen LogP contribution < -0.4 is 4.90 Å². The molecule has 0 unspecified atom stereocenters. The minimum Gasteiger partial charge on any atom is -0.352 e. The number of benzene rings is 2. The minimum absolute atomic E-state index is 0.225. The van der Waals surface area contributed by atoms with Gasteiger partial charge in [0.1, 0.15) is 4.90 Å². The topological polar surface area (TPSA) is 79.3 Å². The summed E-state index contributed by atoms with van der Waals surface area (Å²) in [5.41, 5.74) is 1.83. The second kappa shape index (κ2) is 8.05. The van der Waals surface area contributed by atoms with Gasteiger partial charge in [-0.3, -0.25) is 4.98 Å². The highest BCUT2D eigenvalue weighted by Gasteiger charge is 2.29. The number of piperazine rings is 1. The number of hydrogen-bond donors (Lipinski definition) is 0. The minimum atomic E-state index is -3.52. The van der Waals surface area contributed by atoms with Crippen LogP contribution in [0.5, 0.6) is 0 Å². The van der Waals surface area contributed by atoms with Crippen LogP contribution in [0.4, 0.5) is 5.82 Å². The number of anilines is 1. The Labute approximate surface area is 181 Å². The zero-order valence-electron chi connectivity index (χ0n) is 16.8. The molecule has 1 aliphatic rings. The Bertz CT molecular complexity index is 1300. The lowest BCUT2D eigenvalue weighted by Gasteiger charge is -2.34. The van der Waals surface area contributed by atoms with Gasteiger partial charge in [-0.25, -0.2) is 8.42 Å². The Kier molecular flexibility index (Phi) is 5.09. The summed E-state index contributed by atoms with van der Waals surface area (Å²) in [5, 5.41) is 11.2. The summed E-state index contributed by atoms with van der Waals surface area (Å²) in [4.78, 5) is 6.21. The fraction of sp³-hybridized carbons (Fsp3) is 0.174. The van der Waals surface area contributed by atoms with E-state index in [9.17, 15) is 8.42 Å². The van der Waals surface area contributed by atoms with Crippen molar-refractivity contribution in [1.29, 1.82) is 0 Å². The van der Waals surface area contributed by atoms with Gasteiger partial charge in [0.05, 0.1) is 5.69 Å². The Morgan fingerprint density at radius 3 is 2.29 bits per heavy atom. The molecule has 0 amide bonds. The first-order chi connectivity index (χ1) is 15.1. The van der Waals surface area contributed by atoms with Crippen molar-refractivity contribution in [3.8, 4) is 11.3 Å². The first-order valence-corrected chi connectivity index (χ1v) is 11.5. The summed E-state index contributed by atoms with van der Waals surface area (Å²) in [5.74, 6) is 0.753. The number of rotatable bonds is 4. The van der Waals surface area contributed by atoms with Crippen LogP contribution in [0.3, 0.4) is 0 Å². The van der Waals surface area contributed by atoms with Crippen LogP contribution in [0.15, 0.2) is 84.0 Å². The van der Waals surface area contributed by atoms with Crippen LogP contribution in [0.2, 0.25) is 0 Å². The van der Waals surface area contributed by atoms with Gasteiger partial charge < -0.3 is 4.90 Å². The first-order valence-electron chi connectivity index (χ1n) is 10.1. The molecule has 156 valence electrons. The number of aromatic nitrogens is 3. The van der Waals surface area contributed by atoms with Gasteiger partial charge >= 0.3 is 0 Å². The molecule has 2 aromatic heterocycles. The molecule has 31 heavy (non-hydrogen) atoms. The molecule has 5 rings (SSSR count). The maximum atomic E-state index is 12.8. The Morgan fingerprint density at radius 1 is 0.774 bits per heavy atom. The third-order valence-corrected chi connectivity index (χ3v) is 7.41. The van der Waals surface area contributed by atoms with Gasteiger partial charge in [-0.2, -0.15) is 4.31 Å². The molecular weight excluding hydrogens is 410 g/mol. The van der Waals surface area contributed by atoms with Gasteiger partial charge in [-0.05, 0) is 41.1 Å². The molecule has 1 fully saturated rings. The van der Waals surface area contributed by atoms with Crippen molar-refractivity contribution < 1.29 is 8.42 Å². The Hall–Kier alpha value is -3.36. The molecule has 0 atom stereocenters. The van der Waals surface area contributed by atoms with E-state index in [0.717, 1.165) is 22.5 Å². The van der Waals surface area contributed by atoms with Gasteiger partial charge in [0.25, 0.3) is 0 Å². The third-order valence-electron chi connectivity index (χ3n) is 5.53. The largest absolute Gasteiger partial charge is 0.352 e. The lowest BCUT2D eigenvalue weighted by Crippen LogP contribution is -2.49. The van der Waals surface area contributed by atoms with Crippen molar-refractivity contribution in [2.45, 2.75) is 4.90 Å². The monoisotopic (exact) mass is 431 g/mol. The van der Waals surface area contributed by atoms with E-state index in [1.807, 2.05) is 30.3 Å². The second-order valence-electron chi connectivity index (χ2n) is 7.42. The molecule has 1 aliphatic heterocycles. The van der Waals surface area contributed by atoms with Gasteiger partial charge in [0, 0.05) is 44.1 Å². The van der Waals surface area contributed by atoms with Gasteiger partial charge in [-0.15, -0.1) is 10.2 Å². The fourth-order valence-corrected chi connectivity index (χ4v) is 5.19. The molecule has 3 heterocycles. The molecule has 0 N–H and O–H groups in total. The average molecular weight is 432 g/mol. The maximum absolute atomic E-state index is 12.8. The molecule has 7 nitrogen and oxygen atoms in total. The number of pyridine rings is 1. The normalized spacial score (nSPS) is 15.3. The summed E-state index contributed by atoms with van der Waals surface area (Å²) in [6.07, 6.45) is 2.95. The van der Waals surface area contributed by atoms with Crippen LogP contribution >= 0.6 is 0 Å². The molecule has 2 aromatic carbocycles. The molecule has 4 aromatic rings. The van der Waals surface area contributed by atoms with Crippen molar-refractivity contribution in [3.63, 3.8) is 0 Å². The molecular formula is C23H21N5O2S. The van der Waals surface area contributed by atoms with Crippen molar-refractivity contribution in [2.24, 2.45) is 0 Å². The SMILES string of the molecule is O=S(=O)(c1cccnc1)N1CCN(c2ccc(-c3ccc4ccccc4c3)nn2)CC1. The number of fused-ring (bicyclic) bond motifs is 1. The Balaban J connectivity index is 1.29. The molecule has 0 spiro atoms. The zero-order chi connectivity index (χ0) is 21.3. The van der Waals surface area contributed by atoms with E-state index in [-0.39, 0.29) is 4.90 Å². The molecule has 0 aliphatic carbocycles. The summed E-state index contributed by atoms with van der Waals surface area (Å²) in [6.45, 7) is 1.91. The van der Waals surface area contributed by atoms with Gasteiger partial charge in [0.2, 0.25) is 10.0 Å². The molecule has 8 heteroatoms. The first kappa shape index (κ1) is 19.6. The van der Waals surface area contributed by atoms with Gasteiger partial charge in [0.15, 0.2) is 5.82 Å². The van der Waals surface area contributed by atoms with E-state index in [4.69, 9.17) is 0 Å². The van der Waals surface area contributed by atoms with Gasteiger partial charge in [-0.1, -0.05) is 36.4 Å². The zero-order valence-corrected chi connectivity index (χ0v) is 17.6. The van der Waals surface area contributed by atoms with E-state index in [2.05, 4.69) is 44.3 Å². The smallest absolute Gasteiger partial charge is 0.244 e. The van der Waals surface area contributed by atoms with Crippen LogP contribution in [-0.2, 0) is 10.0 Å². The van der Waals surface area contributed by atoms with Crippen molar-refractivity contribution in [3.05, 3.63) is 79.1 Å². The molecule has 1 saturated heterocycles. The molecule has 0 bridgehead atoms. The second-order valence-corrected chi connectivity index (χ2v) is 9.36. The maximum Gasteiger partial charge on any atom is 0.244 e. The summed E-state index contributed by atoms with van der Waals surface area (Å²) in [7, 11) is -3.52. The number of sulfonamides is 1. The lowest BCUT2D eigenvalue weighted by molar-refractivity contribution is 0.383. The molecule has 0 saturated carbocycles. The van der Waals surface area contributed by atoms with Crippen molar-refractivity contribution >= 4 is 26.6 Å². The summed E-state index contributed by atoms with van der Waals surface area (Å²) >= 11 is 0. The lowest BCUT2D eigenvalue weighted by atomic mass is 10.1. The highest BCUT2D eigenvalue weighted by molar-refractivity contribution is 7.89. The predicted octanol–water partition coefficient (Wildman–Crippen LogP) is 3.20. The fourth-order valence-electron chi connectivity index (χ4n) is 3.80. The third kappa shape index (κ3) is 3.87. The summed E-state index contributed by atoms with van der Waals surface area (Å²) < 4.78 is 27.0. The van der Waals surface area contributed by atoms with Crippen LogP contribution in [0, 0.1) is 0 Å². The predicted molar refractivity (Wildman–Crippen MR) is 120 cm³/mol. The van der Waals surface area contributed by atoms with E-state index in [0.29, 0.717) is 26.2 Å². The van der Waals surface area contributed by atoms with E-state index < -0.39 is 10.0 Å². The van der Waals surface area contributed by atoms with Crippen molar-refractivity contribution in [2.75, 3.05) is 31.1 Å². The van der Waals surface area contributed by atoms with Crippen LogP contribution in [0.1, 0.15) is 0 Å². The van der Waals surface area contributed by atoms with Crippen molar-refractivity contribution in [1.82, 2.24) is 19.5 Å². The standard InChI is InChI=1S/C23H21N5O2S/c29-31(30,21-6-3-11-24-17-21)28-14-12-27(13-15-28)23-10-9-22(25-26-23)20-8-7-18-4-1-2-5-19(18)16-20/h1-11,16-17H,12-15H2. The highest BCUT2D eigenvalue weighted by atomic mass is 32.2. The quantitative estimate of drug-likeness (QED) is 0.494. The van der Waals surface area contributed by atoms with Crippen LogP contribution in [0.25, 0.3) is 22.0 Å². The highest BCUT2D eigenvalue weighted by Crippen LogP contribution is 2.24. The van der Waals surface area contributed by atoms with E-state index in [1.165, 1.54) is 15.9 Å². The van der Waals surface area contributed by atoms with E-state index in [1.54, 1.807) is 18.3 Å². The van der Waals surface area contributed by atoms with E-state index >= 15 is 0 Å². The number of nitrogens with zero attached hydrogens (tertiary/aromatic N) is 5. The molecule has 0 radical (unpaired) electrons. The average Bonchev–Trinajstić information content (AvgIpc) is 2.84. The number of hydrogen-bond acceptors (Lipinski definition) is 6. The Morgan fingerprint density at radius 2 is 1.58 bits per heavy atom.